The van der Waals surface area contributed by atoms with Crippen molar-refractivity contribution >= 4 is 33.7 Å². The van der Waals surface area contributed by atoms with E-state index in [-0.39, 0.29) is 5.92 Å². The average molecular weight is 401 g/mol. The fourth-order valence-corrected chi connectivity index (χ4v) is 3.73. The number of hydrogen-bond donors (Lipinski definition) is 0. The van der Waals surface area contributed by atoms with Crippen LogP contribution in [0.25, 0.3) is 22.1 Å². The van der Waals surface area contributed by atoms with Crippen molar-refractivity contribution in [3.63, 3.8) is 0 Å². The molecule has 0 spiro atoms. The first-order valence-electron chi connectivity index (χ1n) is 9.35. The van der Waals surface area contributed by atoms with E-state index in [9.17, 15) is 0 Å². The number of para-hydroxylation sites is 1. The number of benzene rings is 3. The molecule has 0 saturated heterocycles. The minimum Gasteiger partial charge on any atom is -0.449 e. The topological polar surface area (TPSA) is 48.2 Å². The quantitative estimate of drug-likeness (QED) is 0.326. The van der Waals surface area contributed by atoms with Crippen LogP contribution >= 0.6 is 11.6 Å². The van der Waals surface area contributed by atoms with Crippen molar-refractivity contribution in [3.8, 4) is 11.6 Å². The van der Waals surface area contributed by atoms with Crippen molar-refractivity contribution in [2.75, 3.05) is 0 Å². The van der Waals surface area contributed by atoms with Crippen molar-refractivity contribution in [1.82, 2.24) is 9.97 Å². The minimum atomic E-state index is 0.0953. The van der Waals surface area contributed by atoms with Gasteiger partial charge in [0.05, 0.1) is 0 Å². The van der Waals surface area contributed by atoms with Crippen molar-refractivity contribution in [3.05, 3.63) is 95.3 Å². The molecule has 1 unspecified atom stereocenters. The summed E-state index contributed by atoms with van der Waals surface area (Å²) in [6.45, 7) is 2.13. The normalized spacial score (nSPS) is 12.3. The molecule has 5 aromatic rings. The molecule has 142 valence electrons. The van der Waals surface area contributed by atoms with E-state index in [1.165, 1.54) is 11.9 Å². The van der Waals surface area contributed by atoms with E-state index in [0.717, 1.165) is 22.0 Å². The highest BCUT2D eigenvalue weighted by molar-refractivity contribution is 6.30. The fraction of sp³-hybridized carbons (Fsp3) is 0.0833. The van der Waals surface area contributed by atoms with E-state index in [1.54, 1.807) is 0 Å². The first-order chi connectivity index (χ1) is 14.2. The molecule has 0 fully saturated rings. The molecule has 3 aromatic carbocycles. The Morgan fingerprint density at radius 2 is 1.72 bits per heavy atom. The van der Waals surface area contributed by atoms with E-state index in [0.29, 0.717) is 22.2 Å². The van der Waals surface area contributed by atoms with Crippen LogP contribution in [0.2, 0.25) is 5.02 Å². The summed E-state index contributed by atoms with van der Waals surface area (Å²) < 4.78 is 12.2. The third-order valence-corrected chi connectivity index (χ3v) is 5.30. The van der Waals surface area contributed by atoms with Crippen molar-refractivity contribution in [1.29, 1.82) is 0 Å². The lowest BCUT2D eigenvalue weighted by Gasteiger charge is -2.17. The van der Waals surface area contributed by atoms with Gasteiger partial charge in [-0.2, -0.15) is 4.98 Å². The molecule has 0 radical (unpaired) electrons. The molecule has 1 atom stereocenters. The molecule has 0 saturated carbocycles. The highest BCUT2D eigenvalue weighted by Crippen LogP contribution is 2.38. The van der Waals surface area contributed by atoms with Crippen LogP contribution in [0.1, 0.15) is 24.0 Å². The van der Waals surface area contributed by atoms with Gasteiger partial charge in [0.2, 0.25) is 5.58 Å². The Bertz CT molecular complexity index is 1310. The largest absolute Gasteiger partial charge is 0.449 e. The molecular formula is C24H17ClN2O2. The second-order valence-electron chi connectivity index (χ2n) is 6.87. The molecule has 0 amide bonds. The Hall–Kier alpha value is -3.37. The maximum atomic E-state index is 6.30. The van der Waals surface area contributed by atoms with E-state index in [4.69, 9.17) is 20.8 Å². The Morgan fingerprint density at radius 3 is 2.59 bits per heavy atom. The van der Waals surface area contributed by atoms with E-state index < -0.39 is 0 Å². The van der Waals surface area contributed by atoms with Gasteiger partial charge >= 0.3 is 0 Å². The predicted octanol–water partition coefficient (Wildman–Crippen LogP) is 6.97. The second-order valence-corrected chi connectivity index (χ2v) is 7.31. The number of hydrogen-bond acceptors (Lipinski definition) is 4. The van der Waals surface area contributed by atoms with Crippen LogP contribution in [-0.2, 0) is 0 Å². The molecule has 5 rings (SSSR count). The molecule has 4 nitrogen and oxygen atoms in total. The van der Waals surface area contributed by atoms with Crippen molar-refractivity contribution in [2.45, 2.75) is 12.8 Å². The summed E-state index contributed by atoms with van der Waals surface area (Å²) in [6, 6.07) is 23.6. The van der Waals surface area contributed by atoms with E-state index >= 15 is 0 Å². The standard InChI is InChI=1S/C24H17ClN2O2/c1-15(16-7-3-2-4-8-16)19-13-17(25)11-12-21(19)29-24-23-22(26-14-27-24)18-9-5-6-10-20(18)28-23/h2-15H,1H3. The molecule has 0 aliphatic heterocycles. The molecule has 0 aliphatic rings. The zero-order valence-corrected chi connectivity index (χ0v) is 16.4. The summed E-state index contributed by atoms with van der Waals surface area (Å²) in [5.74, 6) is 1.17. The molecule has 0 N–H and O–H groups in total. The van der Waals surface area contributed by atoms with Gasteiger partial charge < -0.3 is 9.15 Å². The van der Waals surface area contributed by atoms with Gasteiger partial charge in [0.25, 0.3) is 5.88 Å². The van der Waals surface area contributed by atoms with Gasteiger partial charge in [-0.1, -0.05) is 61.0 Å². The lowest BCUT2D eigenvalue weighted by molar-refractivity contribution is 0.449. The summed E-state index contributed by atoms with van der Waals surface area (Å²) >= 11 is 6.30. The van der Waals surface area contributed by atoms with Gasteiger partial charge in [-0.3, -0.25) is 0 Å². The van der Waals surface area contributed by atoms with Crippen molar-refractivity contribution in [2.24, 2.45) is 0 Å². The average Bonchev–Trinajstić information content (AvgIpc) is 3.15. The fourth-order valence-electron chi connectivity index (χ4n) is 3.55. The number of aromatic nitrogens is 2. The number of furan rings is 1. The number of halogens is 1. The molecule has 0 aliphatic carbocycles. The van der Waals surface area contributed by atoms with Crippen LogP contribution < -0.4 is 4.74 Å². The van der Waals surface area contributed by atoms with Gasteiger partial charge in [0.15, 0.2) is 0 Å². The zero-order valence-electron chi connectivity index (χ0n) is 15.7. The smallest absolute Gasteiger partial charge is 0.267 e. The highest BCUT2D eigenvalue weighted by Gasteiger charge is 2.19. The number of rotatable bonds is 4. The SMILES string of the molecule is CC(c1ccccc1)c1cc(Cl)ccc1Oc1ncnc2c1oc1ccccc12. The lowest BCUT2D eigenvalue weighted by Crippen LogP contribution is -2.00. The van der Waals surface area contributed by atoms with Crippen LogP contribution in [0.5, 0.6) is 11.6 Å². The first-order valence-corrected chi connectivity index (χ1v) is 9.73. The Labute approximate surface area is 172 Å². The third kappa shape index (κ3) is 3.22. The maximum absolute atomic E-state index is 6.30. The summed E-state index contributed by atoms with van der Waals surface area (Å²) in [5.41, 5.74) is 4.17. The monoisotopic (exact) mass is 400 g/mol. The van der Waals surface area contributed by atoms with Crippen LogP contribution in [0.15, 0.2) is 83.5 Å². The molecule has 0 bridgehead atoms. The Morgan fingerprint density at radius 1 is 0.931 bits per heavy atom. The predicted molar refractivity (Wildman–Crippen MR) is 115 cm³/mol. The molecule has 29 heavy (non-hydrogen) atoms. The summed E-state index contributed by atoms with van der Waals surface area (Å²) in [5, 5.41) is 1.59. The third-order valence-electron chi connectivity index (χ3n) is 5.07. The summed E-state index contributed by atoms with van der Waals surface area (Å²) in [6.07, 6.45) is 1.50. The molecule has 2 aromatic heterocycles. The summed E-state index contributed by atoms with van der Waals surface area (Å²) in [4.78, 5) is 8.72. The number of nitrogens with zero attached hydrogens (tertiary/aromatic N) is 2. The lowest BCUT2D eigenvalue weighted by atomic mass is 9.92. The number of ether oxygens (including phenoxy) is 1. The molecule has 5 heteroatoms. The van der Waals surface area contributed by atoms with Gasteiger partial charge in [-0.15, -0.1) is 0 Å². The minimum absolute atomic E-state index is 0.0953. The first kappa shape index (κ1) is 17.7. The Balaban J connectivity index is 1.61. The molecular weight excluding hydrogens is 384 g/mol. The summed E-state index contributed by atoms with van der Waals surface area (Å²) in [7, 11) is 0. The molecule has 2 heterocycles. The van der Waals surface area contributed by atoms with Gasteiger partial charge in [-0.05, 0) is 35.9 Å². The van der Waals surface area contributed by atoms with Gasteiger partial charge in [-0.25, -0.2) is 4.98 Å². The van der Waals surface area contributed by atoms with Crippen molar-refractivity contribution < 1.29 is 9.15 Å². The van der Waals surface area contributed by atoms with Gasteiger partial charge in [0.1, 0.15) is 23.2 Å². The van der Waals surface area contributed by atoms with E-state index in [1.807, 2.05) is 60.7 Å². The van der Waals surface area contributed by atoms with Crippen LogP contribution in [0.3, 0.4) is 0 Å². The van der Waals surface area contributed by atoms with Crippen LogP contribution in [0, 0.1) is 0 Å². The highest BCUT2D eigenvalue weighted by atomic mass is 35.5. The van der Waals surface area contributed by atoms with Gasteiger partial charge in [0, 0.05) is 21.9 Å². The Kier molecular flexibility index (Phi) is 4.41. The maximum Gasteiger partial charge on any atom is 0.267 e. The number of fused-ring (bicyclic) bond motifs is 3. The second kappa shape index (κ2) is 7.22. The van der Waals surface area contributed by atoms with Crippen LogP contribution in [-0.4, -0.2) is 9.97 Å². The van der Waals surface area contributed by atoms with E-state index in [2.05, 4.69) is 29.0 Å². The zero-order chi connectivity index (χ0) is 19.8. The van der Waals surface area contributed by atoms with Crippen LogP contribution in [0.4, 0.5) is 0 Å².